The Morgan fingerprint density at radius 1 is 1.13 bits per heavy atom. The lowest BCUT2D eigenvalue weighted by atomic mass is 9.96. The van der Waals surface area contributed by atoms with Gasteiger partial charge in [0.15, 0.2) is 0 Å². The zero-order chi connectivity index (χ0) is 15.1. The molecule has 2 unspecified atom stereocenters. The molecule has 2 atom stereocenters. The van der Waals surface area contributed by atoms with Crippen LogP contribution in [0.4, 0.5) is 0 Å². The number of halogens is 2. The number of carbonyl (C=O) groups excluding carboxylic acids is 1. The van der Waals surface area contributed by atoms with Crippen LogP contribution in [0.3, 0.4) is 0 Å². The molecule has 0 aromatic rings. The zero-order valence-corrected chi connectivity index (χ0v) is 15.9. The summed E-state index contributed by atoms with van der Waals surface area (Å²) in [5, 5.41) is 0. The van der Waals surface area contributed by atoms with Gasteiger partial charge in [-0.25, -0.2) is 0 Å². The smallest absolute Gasteiger partial charge is 0.241 e. The van der Waals surface area contributed by atoms with Crippen LogP contribution in [0.15, 0.2) is 0 Å². The highest BCUT2D eigenvalue weighted by molar-refractivity contribution is 5.85. The second kappa shape index (κ2) is 12.3. The van der Waals surface area contributed by atoms with Crippen molar-refractivity contribution in [2.45, 2.75) is 44.6 Å². The van der Waals surface area contributed by atoms with E-state index >= 15 is 0 Å². The van der Waals surface area contributed by atoms with Gasteiger partial charge < -0.3 is 20.3 Å². The highest BCUT2D eigenvalue weighted by Crippen LogP contribution is 2.20. The fourth-order valence-electron chi connectivity index (χ4n) is 3.58. The van der Waals surface area contributed by atoms with Crippen molar-refractivity contribution in [3.05, 3.63) is 0 Å². The monoisotopic (exact) mass is 369 g/mol. The number of amides is 1. The first kappa shape index (κ1) is 22.9. The number of piperidine rings is 1. The molecule has 5 nitrogen and oxygen atoms in total. The van der Waals surface area contributed by atoms with Gasteiger partial charge in [-0.3, -0.25) is 4.79 Å². The SMILES string of the molecule is COCC(N)C(=O)N1CCCC(CN2CCCCCC2)C1.Cl.Cl. The standard InChI is InChI=1S/C16H31N3O2.2ClH/c1-21-13-15(17)16(20)19-10-6-7-14(12-19)11-18-8-4-2-3-5-9-18;;/h14-15H,2-13,17H2,1H3;2*1H. The maximum atomic E-state index is 12.3. The number of nitrogens with zero attached hydrogens (tertiary/aromatic N) is 2. The molecule has 7 heteroatoms. The van der Waals surface area contributed by atoms with E-state index < -0.39 is 6.04 Å². The molecule has 2 fully saturated rings. The number of methoxy groups -OCH3 is 1. The van der Waals surface area contributed by atoms with Crippen LogP contribution in [0.25, 0.3) is 0 Å². The van der Waals surface area contributed by atoms with Crippen molar-refractivity contribution in [3.63, 3.8) is 0 Å². The summed E-state index contributed by atoms with van der Waals surface area (Å²) in [5.74, 6) is 0.660. The first-order valence-electron chi connectivity index (χ1n) is 8.46. The summed E-state index contributed by atoms with van der Waals surface area (Å²) < 4.78 is 5.00. The molecule has 2 saturated heterocycles. The van der Waals surface area contributed by atoms with Gasteiger partial charge in [-0.15, -0.1) is 24.8 Å². The Hall–Kier alpha value is -0.0700. The van der Waals surface area contributed by atoms with E-state index in [4.69, 9.17) is 10.5 Å². The number of hydrogen-bond donors (Lipinski definition) is 1. The predicted molar refractivity (Wildman–Crippen MR) is 98.6 cm³/mol. The third kappa shape index (κ3) is 7.57. The zero-order valence-electron chi connectivity index (χ0n) is 14.2. The molecule has 0 aromatic heterocycles. The molecule has 2 aliphatic rings. The molecule has 0 bridgehead atoms. The fraction of sp³-hybridized carbons (Fsp3) is 0.938. The highest BCUT2D eigenvalue weighted by atomic mass is 35.5. The average Bonchev–Trinajstić information content (AvgIpc) is 2.75. The van der Waals surface area contributed by atoms with Gasteiger partial charge in [-0.05, 0) is 44.7 Å². The molecule has 2 N–H and O–H groups in total. The summed E-state index contributed by atoms with van der Waals surface area (Å²) in [5.41, 5.74) is 5.88. The van der Waals surface area contributed by atoms with Gasteiger partial charge in [0, 0.05) is 26.7 Å². The van der Waals surface area contributed by atoms with Crippen molar-refractivity contribution in [1.29, 1.82) is 0 Å². The predicted octanol–water partition coefficient (Wildman–Crippen LogP) is 1.92. The van der Waals surface area contributed by atoms with E-state index in [-0.39, 0.29) is 30.7 Å². The summed E-state index contributed by atoms with van der Waals surface area (Å²) in [4.78, 5) is 16.8. The van der Waals surface area contributed by atoms with Gasteiger partial charge in [0.2, 0.25) is 5.91 Å². The van der Waals surface area contributed by atoms with Crippen molar-refractivity contribution in [2.75, 3.05) is 46.4 Å². The van der Waals surface area contributed by atoms with Crippen molar-refractivity contribution in [3.8, 4) is 0 Å². The third-order valence-corrected chi connectivity index (χ3v) is 4.71. The molecule has 138 valence electrons. The molecule has 2 aliphatic heterocycles. The fourth-order valence-corrected chi connectivity index (χ4v) is 3.58. The van der Waals surface area contributed by atoms with E-state index in [0.717, 1.165) is 26.1 Å². The largest absolute Gasteiger partial charge is 0.383 e. The first-order chi connectivity index (χ1) is 10.2. The maximum Gasteiger partial charge on any atom is 0.241 e. The summed E-state index contributed by atoms with van der Waals surface area (Å²) in [6, 6.07) is -0.507. The van der Waals surface area contributed by atoms with Crippen LogP contribution in [-0.4, -0.2) is 68.2 Å². The van der Waals surface area contributed by atoms with Crippen LogP contribution in [0.2, 0.25) is 0 Å². The Morgan fingerprint density at radius 2 is 1.78 bits per heavy atom. The van der Waals surface area contributed by atoms with Crippen molar-refractivity contribution < 1.29 is 9.53 Å². The van der Waals surface area contributed by atoms with Gasteiger partial charge in [0.25, 0.3) is 0 Å². The van der Waals surface area contributed by atoms with Gasteiger partial charge in [-0.2, -0.15) is 0 Å². The molecular weight excluding hydrogens is 337 g/mol. The van der Waals surface area contributed by atoms with Gasteiger partial charge >= 0.3 is 0 Å². The Bertz CT molecular complexity index is 326. The molecule has 0 aromatic carbocycles. The van der Waals surface area contributed by atoms with Gasteiger partial charge in [-0.1, -0.05) is 12.8 Å². The molecule has 0 spiro atoms. The Labute approximate surface area is 153 Å². The number of likely N-dealkylation sites (tertiary alicyclic amines) is 2. The summed E-state index contributed by atoms with van der Waals surface area (Å²) >= 11 is 0. The van der Waals surface area contributed by atoms with Crippen molar-refractivity contribution in [2.24, 2.45) is 11.7 Å². The summed E-state index contributed by atoms with van der Waals surface area (Å²) in [6.07, 6.45) is 7.74. The topological polar surface area (TPSA) is 58.8 Å². The summed E-state index contributed by atoms with van der Waals surface area (Å²) in [7, 11) is 1.59. The maximum absolute atomic E-state index is 12.3. The average molecular weight is 370 g/mol. The van der Waals surface area contributed by atoms with E-state index in [1.807, 2.05) is 4.90 Å². The van der Waals surface area contributed by atoms with Crippen molar-refractivity contribution in [1.82, 2.24) is 9.80 Å². The minimum Gasteiger partial charge on any atom is -0.383 e. The lowest BCUT2D eigenvalue weighted by molar-refractivity contribution is -0.135. The lowest BCUT2D eigenvalue weighted by Crippen LogP contribution is -2.51. The molecule has 2 heterocycles. The number of carbonyl (C=O) groups is 1. The van der Waals surface area contributed by atoms with E-state index in [0.29, 0.717) is 12.5 Å². The quantitative estimate of drug-likeness (QED) is 0.803. The van der Waals surface area contributed by atoms with Crippen LogP contribution >= 0.6 is 24.8 Å². The molecular formula is C16H33Cl2N3O2. The van der Waals surface area contributed by atoms with E-state index in [9.17, 15) is 4.79 Å². The van der Waals surface area contributed by atoms with Crippen LogP contribution in [0.5, 0.6) is 0 Å². The minimum atomic E-state index is -0.507. The van der Waals surface area contributed by atoms with E-state index in [2.05, 4.69) is 4.90 Å². The van der Waals surface area contributed by atoms with Crippen LogP contribution in [0.1, 0.15) is 38.5 Å². The summed E-state index contributed by atoms with van der Waals surface area (Å²) in [6.45, 7) is 5.64. The molecule has 23 heavy (non-hydrogen) atoms. The van der Waals surface area contributed by atoms with Crippen LogP contribution in [0, 0.1) is 5.92 Å². The Kier molecular flexibility index (Phi) is 12.3. The second-order valence-corrected chi connectivity index (χ2v) is 6.57. The van der Waals surface area contributed by atoms with E-state index in [1.54, 1.807) is 7.11 Å². The number of ether oxygens (including phenoxy) is 1. The molecule has 2 rings (SSSR count). The van der Waals surface area contributed by atoms with E-state index in [1.165, 1.54) is 45.2 Å². The van der Waals surface area contributed by atoms with Crippen LogP contribution in [-0.2, 0) is 9.53 Å². The Balaban J connectivity index is 0.00000242. The Morgan fingerprint density at radius 3 is 2.39 bits per heavy atom. The molecule has 1 amide bonds. The van der Waals surface area contributed by atoms with Gasteiger partial charge in [0.05, 0.1) is 6.61 Å². The van der Waals surface area contributed by atoms with Gasteiger partial charge in [0.1, 0.15) is 6.04 Å². The molecule has 0 saturated carbocycles. The highest BCUT2D eigenvalue weighted by Gasteiger charge is 2.28. The number of nitrogens with two attached hydrogens (primary N) is 1. The normalized spacial score (nSPS) is 24.1. The van der Waals surface area contributed by atoms with Crippen LogP contribution < -0.4 is 5.73 Å². The number of rotatable bonds is 5. The van der Waals surface area contributed by atoms with Crippen molar-refractivity contribution >= 4 is 30.7 Å². The molecule has 0 aliphatic carbocycles. The number of hydrogen-bond acceptors (Lipinski definition) is 4. The lowest BCUT2D eigenvalue weighted by Gasteiger charge is -2.36. The second-order valence-electron chi connectivity index (χ2n) is 6.57. The third-order valence-electron chi connectivity index (χ3n) is 4.71. The minimum absolute atomic E-state index is 0. The molecule has 0 radical (unpaired) electrons. The first-order valence-corrected chi connectivity index (χ1v) is 8.46.